The summed E-state index contributed by atoms with van der Waals surface area (Å²) in [6, 6.07) is 11.8. The van der Waals surface area contributed by atoms with E-state index in [0.717, 1.165) is 5.56 Å². The van der Waals surface area contributed by atoms with E-state index in [1.807, 2.05) is 32.9 Å². The van der Waals surface area contributed by atoms with Gasteiger partial charge in [0.1, 0.15) is 29.6 Å². The standard InChI is InChI=1S/C33H34FN7O4/c1-32(2,3)16-26(30(44)41-19-33(15-22(41)17-35)23-6-4-5-7-24(23)40-31(33)45)39-28(42)25(14-20-8-10-21(34)11-9-20)38-29(43)27-18-36-12-13-37-27/h4-13,18,22,25-26H,14-16,19H2,1-3H3,(H,38,43)(H,39,42)(H,40,45)/t22-,25?,26-,33-/m0/s1. The van der Waals surface area contributed by atoms with Gasteiger partial charge in [-0.2, -0.15) is 5.26 Å². The van der Waals surface area contributed by atoms with Crippen LogP contribution in [0.15, 0.2) is 67.1 Å². The van der Waals surface area contributed by atoms with Gasteiger partial charge in [0, 0.05) is 37.5 Å². The molecule has 0 radical (unpaired) electrons. The lowest BCUT2D eigenvalue weighted by Crippen LogP contribution is -2.56. The average molecular weight is 612 g/mol. The number of rotatable bonds is 8. The molecule has 4 atom stereocenters. The first-order valence-electron chi connectivity index (χ1n) is 14.6. The number of hydrogen-bond donors (Lipinski definition) is 3. The van der Waals surface area contributed by atoms with Gasteiger partial charge in [0.25, 0.3) is 5.91 Å². The SMILES string of the molecule is CC(C)(C)C[C@H](NC(=O)C(Cc1ccc(F)cc1)NC(=O)c1cnccn1)C(=O)N1C[C@]2(C[C@H]1C#N)C(=O)Nc1ccccc12. The number of aromatic nitrogens is 2. The van der Waals surface area contributed by atoms with E-state index in [0.29, 0.717) is 11.3 Å². The van der Waals surface area contributed by atoms with Crippen molar-refractivity contribution < 1.29 is 23.6 Å². The number of carbonyl (C=O) groups excluding carboxylic acids is 4. The van der Waals surface area contributed by atoms with Gasteiger partial charge in [0.15, 0.2) is 0 Å². The van der Waals surface area contributed by atoms with E-state index in [4.69, 9.17) is 0 Å². The molecule has 1 aromatic heterocycles. The fraction of sp³-hybridized carbons (Fsp3) is 0.364. The number of amides is 4. The summed E-state index contributed by atoms with van der Waals surface area (Å²) in [5.74, 6) is -2.53. The molecule has 232 valence electrons. The van der Waals surface area contributed by atoms with Crippen LogP contribution in [0.5, 0.6) is 0 Å². The normalized spacial score (nSPS) is 20.1. The first kappa shape index (κ1) is 31.3. The Hall–Kier alpha value is -5.18. The van der Waals surface area contributed by atoms with Gasteiger partial charge in [0.2, 0.25) is 17.7 Å². The smallest absolute Gasteiger partial charge is 0.272 e. The van der Waals surface area contributed by atoms with Crippen molar-refractivity contribution in [1.82, 2.24) is 25.5 Å². The largest absolute Gasteiger partial charge is 0.342 e. The predicted molar refractivity (Wildman–Crippen MR) is 162 cm³/mol. The van der Waals surface area contributed by atoms with E-state index in [9.17, 15) is 28.8 Å². The number of hydrogen-bond acceptors (Lipinski definition) is 7. The molecule has 3 heterocycles. The molecule has 3 aromatic rings. The Morgan fingerprint density at radius 1 is 1.11 bits per heavy atom. The van der Waals surface area contributed by atoms with Crippen LogP contribution in [0.3, 0.4) is 0 Å². The predicted octanol–water partition coefficient (Wildman–Crippen LogP) is 2.89. The number of fused-ring (bicyclic) bond motifs is 2. The Labute approximate surface area is 260 Å². The summed E-state index contributed by atoms with van der Waals surface area (Å²) in [6.07, 6.45) is 4.35. The van der Waals surface area contributed by atoms with E-state index in [1.165, 1.54) is 47.8 Å². The number of nitrogens with one attached hydrogen (secondary N) is 3. The van der Waals surface area contributed by atoms with Crippen molar-refractivity contribution >= 4 is 29.3 Å². The molecule has 2 aliphatic heterocycles. The molecule has 4 amide bonds. The lowest BCUT2D eigenvalue weighted by molar-refractivity contribution is -0.138. The highest BCUT2D eigenvalue weighted by molar-refractivity contribution is 6.07. The Bertz CT molecular complexity index is 1650. The molecular formula is C33H34FN7O4. The third kappa shape index (κ3) is 6.67. The number of benzene rings is 2. The van der Waals surface area contributed by atoms with Crippen molar-refractivity contribution in [1.29, 1.82) is 5.26 Å². The summed E-state index contributed by atoms with van der Waals surface area (Å²) < 4.78 is 13.6. The summed E-state index contributed by atoms with van der Waals surface area (Å²) >= 11 is 0. The summed E-state index contributed by atoms with van der Waals surface area (Å²) in [5.41, 5.74) is 0.430. The van der Waals surface area contributed by atoms with Crippen molar-refractivity contribution in [2.45, 2.75) is 63.6 Å². The lowest BCUT2D eigenvalue weighted by Gasteiger charge is -2.32. The zero-order chi connectivity index (χ0) is 32.4. The van der Waals surface area contributed by atoms with E-state index in [2.05, 4.69) is 32.0 Å². The molecule has 5 rings (SSSR count). The molecule has 0 bridgehead atoms. The highest BCUT2D eigenvalue weighted by Gasteiger charge is 2.56. The molecule has 1 spiro atoms. The second-order valence-corrected chi connectivity index (χ2v) is 12.7. The molecule has 0 aliphatic carbocycles. The number of nitrogens with zero attached hydrogens (tertiary/aromatic N) is 4. The van der Waals surface area contributed by atoms with E-state index in [1.54, 1.807) is 12.1 Å². The maximum atomic E-state index is 14.2. The fourth-order valence-electron chi connectivity index (χ4n) is 5.98. The molecule has 11 nitrogen and oxygen atoms in total. The number of anilines is 1. The monoisotopic (exact) mass is 611 g/mol. The van der Waals surface area contributed by atoms with Crippen LogP contribution in [0.4, 0.5) is 10.1 Å². The zero-order valence-corrected chi connectivity index (χ0v) is 25.2. The van der Waals surface area contributed by atoms with Gasteiger partial charge < -0.3 is 20.9 Å². The maximum Gasteiger partial charge on any atom is 0.272 e. The Morgan fingerprint density at radius 3 is 2.51 bits per heavy atom. The number of likely N-dealkylation sites (tertiary alicyclic amines) is 1. The molecule has 1 unspecified atom stereocenters. The van der Waals surface area contributed by atoms with Crippen molar-refractivity contribution in [2.75, 3.05) is 11.9 Å². The van der Waals surface area contributed by atoms with Crippen LogP contribution in [0.2, 0.25) is 0 Å². The van der Waals surface area contributed by atoms with Crippen LogP contribution in [0.25, 0.3) is 0 Å². The first-order valence-corrected chi connectivity index (χ1v) is 14.6. The highest BCUT2D eigenvalue weighted by atomic mass is 19.1. The van der Waals surface area contributed by atoms with E-state index < -0.39 is 52.5 Å². The molecule has 2 aliphatic rings. The quantitative estimate of drug-likeness (QED) is 0.354. The van der Waals surface area contributed by atoms with Crippen LogP contribution in [-0.2, 0) is 26.2 Å². The van der Waals surface area contributed by atoms with Gasteiger partial charge in [-0.05, 0) is 41.2 Å². The van der Waals surface area contributed by atoms with Crippen LogP contribution in [0, 0.1) is 22.6 Å². The summed E-state index contributed by atoms with van der Waals surface area (Å²) in [4.78, 5) is 63.7. The van der Waals surface area contributed by atoms with Crippen LogP contribution >= 0.6 is 0 Å². The maximum absolute atomic E-state index is 14.2. The Balaban J connectivity index is 1.42. The number of halogens is 1. The third-order valence-electron chi connectivity index (χ3n) is 8.12. The van der Waals surface area contributed by atoms with Crippen molar-refractivity contribution in [2.24, 2.45) is 5.41 Å². The molecular weight excluding hydrogens is 577 g/mol. The van der Waals surface area contributed by atoms with Gasteiger partial charge in [-0.3, -0.25) is 24.2 Å². The molecule has 45 heavy (non-hydrogen) atoms. The zero-order valence-electron chi connectivity index (χ0n) is 25.2. The third-order valence-corrected chi connectivity index (χ3v) is 8.12. The number of carbonyl (C=O) groups is 4. The summed E-state index contributed by atoms with van der Waals surface area (Å²) in [7, 11) is 0. The second kappa shape index (κ2) is 12.4. The minimum absolute atomic E-state index is 0.000848. The molecule has 2 aromatic carbocycles. The molecule has 0 saturated carbocycles. The molecule has 12 heteroatoms. The number of nitriles is 1. The first-order chi connectivity index (χ1) is 21.4. The Kier molecular flexibility index (Phi) is 8.64. The van der Waals surface area contributed by atoms with Crippen molar-refractivity contribution in [3.8, 4) is 6.07 Å². The van der Waals surface area contributed by atoms with Crippen LogP contribution in [-0.4, -0.2) is 63.2 Å². The highest BCUT2D eigenvalue weighted by Crippen LogP contribution is 2.46. The molecule has 3 N–H and O–H groups in total. The van der Waals surface area contributed by atoms with Gasteiger partial charge in [-0.15, -0.1) is 0 Å². The van der Waals surface area contributed by atoms with Gasteiger partial charge >= 0.3 is 0 Å². The van der Waals surface area contributed by atoms with Gasteiger partial charge in [0.05, 0.1) is 17.7 Å². The second-order valence-electron chi connectivity index (χ2n) is 12.7. The fourth-order valence-corrected chi connectivity index (χ4v) is 5.98. The van der Waals surface area contributed by atoms with Gasteiger partial charge in [-0.25, -0.2) is 9.37 Å². The minimum atomic E-state index is -1.16. The van der Waals surface area contributed by atoms with E-state index in [-0.39, 0.29) is 37.4 Å². The number of para-hydroxylation sites is 1. The summed E-state index contributed by atoms with van der Waals surface area (Å²) in [5, 5.41) is 18.5. The molecule has 1 saturated heterocycles. The Morgan fingerprint density at radius 2 is 1.84 bits per heavy atom. The van der Waals surface area contributed by atoms with Gasteiger partial charge in [-0.1, -0.05) is 51.1 Å². The topological polar surface area (TPSA) is 157 Å². The average Bonchev–Trinajstić information content (AvgIpc) is 3.54. The van der Waals surface area contributed by atoms with Crippen LogP contribution in [0.1, 0.15) is 55.2 Å². The van der Waals surface area contributed by atoms with Crippen LogP contribution < -0.4 is 16.0 Å². The molecule has 1 fully saturated rings. The van der Waals surface area contributed by atoms with E-state index >= 15 is 0 Å². The van der Waals surface area contributed by atoms with Crippen molar-refractivity contribution in [3.63, 3.8) is 0 Å². The van der Waals surface area contributed by atoms with Crippen molar-refractivity contribution in [3.05, 3.63) is 89.8 Å². The minimum Gasteiger partial charge on any atom is -0.342 e. The lowest BCUT2D eigenvalue weighted by atomic mass is 9.80. The summed E-state index contributed by atoms with van der Waals surface area (Å²) in [6.45, 7) is 5.73.